The SMILES string of the molecule is Cc1ccc(NC(=O)C2(C#N)CCOCC2)cc1N(C)C. The van der Waals surface area contributed by atoms with E-state index in [1.807, 2.05) is 44.1 Å². The lowest BCUT2D eigenvalue weighted by Crippen LogP contribution is -2.39. The van der Waals surface area contributed by atoms with Gasteiger partial charge in [0.1, 0.15) is 5.41 Å². The molecule has 5 nitrogen and oxygen atoms in total. The first-order chi connectivity index (χ1) is 9.98. The fourth-order valence-electron chi connectivity index (χ4n) is 2.53. The van der Waals surface area contributed by atoms with Gasteiger partial charge in [-0.05, 0) is 37.5 Å². The summed E-state index contributed by atoms with van der Waals surface area (Å²) in [5.74, 6) is -0.234. The zero-order chi connectivity index (χ0) is 15.5. The normalized spacial score (nSPS) is 16.9. The number of anilines is 2. The molecule has 0 saturated carbocycles. The van der Waals surface area contributed by atoms with Crippen LogP contribution in [0.4, 0.5) is 11.4 Å². The molecule has 0 aromatic heterocycles. The highest BCUT2D eigenvalue weighted by Gasteiger charge is 2.40. The highest BCUT2D eigenvalue weighted by Crippen LogP contribution is 2.32. The molecule has 1 heterocycles. The number of hydrogen-bond donors (Lipinski definition) is 1. The highest BCUT2D eigenvalue weighted by atomic mass is 16.5. The molecular weight excluding hydrogens is 266 g/mol. The molecule has 0 unspecified atom stereocenters. The summed E-state index contributed by atoms with van der Waals surface area (Å²) in [7, 11) is 3.92. The van der Waals surface area contributed by atoms with Crippen LogP contribution in [0, 0.1) is 23.7 Å². The molecule has 112 valence electrons. The quantitative estimate of drug-likeness (QED) is 0.926. The molecule has 21 heavy (non-hydrogen) atoms. The molecule has 1 fully saturated rings. The van der Waals surface area contributed by atoms with Crippen molar-refractivity contribution < 1.29 is 9.53 Å². The van der Waals surface area contributed by atoms with Crippen molar-refractivity contribution in [1.82, 2.24) is 0 Å². The molecular formula is C16H21N3O2. The topological polar surface area (TPSA) is 65.4 Å². The Balaban J connectivity index is 2.19. The molecule has 0 aliphatic carbocycles. The fraction of sp³-hybridized carbons (Fsp3) is 0.500. The number of nitrogens with one attached hydrogen (secondary N) is 1. The van der Waals surface area contributed by atoms with Crippen molar-refractivity contribution in [2.24, 2.45) is 5.41 Å². The lowest BCUT2D eigenvalue weighted by Gasteiger charge is -2.29. The maximum absolute atomic E-state index is 12.5. The van der Waals surface area contributed by atoms with Crippen molar-refractivity contribution in [3.63, 3.8) is 0 Å². The predicted octanol–water partition coefficient (Wildman–Crippen LogP) is 2.32. The van der Waals surface area contributed by atoms with Crippen LogP contribution in [0.2, 0.25) is 0 Å². The Morgan fingerprint density at radius 1 is 1.38 bits per heavy atom. The second-order valence-corrected chi connectivity index (χ2v) is 5.66. The average Bonchev–Trinajstić information content (AvgIpc) is 2.49. The zero-order valence-corrected chi connectivity index (χ0v) is 12.8. The minimum absolute atomic E-state index is 0.234. The summed E-state index contributed by atoms with van der Waals surface area (Å²) in [6.45, 7) is 2.94. The molecule has 0 radical (unpaired) electrons. The Kier molecular flexibility index (Phi) is 4.49. The molecule has 1 aliphatic heterocycles. The second-order valence-electron chi connectivity index (χ2n) is 5.66. The smallest absolute Gasteiger partial charge is 0.245 e. The molecule has 2 rings (SSSR count). The van der Waals surface area contributed by atoms with Crippen LogP contribution >= 0.6 is 0 Å². The molecule has 0 spiro atoms. The number of hydrogen-bond acceptors (Lipinski definition) is 4. The summed E-state index contributed by atoms with van der Waals surface area (Å²) in [4.78, 5) is 14.5. The Bertz CT molecular complexity index is 569. The molecule has 1 aromatic rings. The number of ether oxygens (including phenoxy) is 1. The summed E-state index contributed by atoms with van der Waals surface area (Å²) in [6.07, 6.45) is 0.892. The molecule has 1 amide bonds. The Labute approximate surface area is 125 Å². The van der Waals surface area contributed by atoms with E-state index in [2.05, 4.69) is 11.4 Å². The van der Waals surface area contributed by atoms with Gasteiger partial charge < -0.3 is 15.0 Å². The van der Waals surface area contributed by atoms with Crippen LogP contribution in [0.25, 0.3) is 0 Å². The van der Waals surface area contributed by atoms with Gasteiger partial charge in [0.15, 0.2) is 0 Å². The second kappa shape index (κ2) is 6.15. The number of nitriles is 1. The highest BCUT2D eigenvalue weighted by molar-refractivity contribution is 5.97. The van der Waals surface area contributed by atoms with E-state index in [-0.39, 0.29) is 5.91 Å². The van der Waals surface area contributed by atoms with E-state index in [1.54, 1.807) is 0 Å². The van der Waals surface area contributed by atoms with Crippen LogP contribution in [-0.2, 0) is 9.53 Å². The largest absolute Gasteiger partial charge is 0.381 e. The predicted molar refractivity (Wildman–Crippen MR) is 82.2 cm³/mol. The Morgan fingerprint density at radius 3 is 2.62 bits per heavy atom. The lowest BCUT2D eigenvalue weighted by atomic mass is 9.81. The molecule has 1 aromatic carbocycles. The van der Waals surface area contributed by atoms with E-state index in [0.717, 1.165) is 16.9 Å². The summed E-state index contributed by atoms with van der Waals surface area (Å²) in [5.41, 5.74) is 1.93. The molecule has 1 N–H and O–H groups in total. The number of benzene rings is 1. The first-order valence-electron chi connectivity index (χ1n) is 7.07. The number of amides is 1. The maximum Gasteiger partial charge on any atom is 0.245 e. The maximum atomic E-state index is 12.5. The third kappa shape index (κ3) is 3.17. The third-order valence-corrected chi connectivity index (χ3v) is 3.94. The zero-order valence-electron chi connectivity index (χ0n) is 12.8. The van der Waals surface area contributed by atoms with Crippen LogP contribution in [0.3, 0.4) is 0 Å². The number of carbonyl (C=O) groups is 1. The van der Waals surface area contributed by atoms with Gasteiger partial charge in [-0.2, -0.15) is 5.26 Å². The van der Waals surface area contributed by atoms with Gasteiger partial charge in [-0.3, -0.25) is 4.79 Å². The summed E-state index contributed by atoms with van der Waals surface area (Å²) in [6, 6.07) is 7.94. The molecule has 0 atom stereocenters. The molecule has 5 heteroatoms. The Morgan fingerprint density at radius 2 is 2.05 bits per heavy atom. The number of carbonyl (C=O) groups excluding carboxylic acids is 1. The first kappa shape index (κ1) is 15.3. The van der Waals surface area contributed by atoms with Crippen LogP contribution in [0.1, 0.15) is 18.4 Å². The van der Waals surface area contributed by atoms with Crippen molar-refractivity contribution in [3.05, 3.63) is 23.8 Å². The van der Waals surface area contributed by atoms with Crippen molar-refractivity contribution in [1.29, 1.82) is 5.26 Å². The average molecular weight is 287 g/mol. The van der Waals surface area contributed by atoms with Crippen LogP contribution in [-0.4, -0.2) is 33.2 Å². The van der Waals surface area contributed by atoms with Crippen molar-refractivity contribution in [3.8, 4) is 6.07 Å². The van der Waals surface area contributed by atoms with Gasteiger partial charge in [-0.15, -0.1) is 0 Å². The van der Waals surface area contributed by atoms with Crippen LogP contribution in [0.15, 0.2) is 18.2 Å². The summed E-state index contributed by atoms with van der Waals surface area (Å²) in [5, 5.41) is 12.3. The summed E-state index contributed by atoms with van der Waals surface area (Å²) >= 11 is 0. The Hall–Kier alpha value is -2.06. The van der Waals surface area contributed by atoms with Gasteiger partial charge in [0.2, 0.25) is 5.91 Å². The van der Waals surface area contributed by atoms with Crippen LogP contribution < -0.4 is 10.2 Å². The van der Waals surface area contributed by atoms with E-state index >= 15 is 0 Å². The van der Waals surface area contributed by atoms with Gasteiger partial charge in [0.25, 0.3) is 0 Å². The van der Waals surface area contributed by atoms with Crippen molar-refractivity contribution >= 4 is 17.3 Å². The molecule has 0 bridgehead atoms. The van der Waals surface area contributed by atoms with Gasteiger partial charge in [0, 0.05) is 38.7 Å². The number of nitrogens with zero attached hydrogens (tertiary/aromatic N) is 2. The standard InChI is InChI=1S/C16H21N3O2/c1-12-4-5-13(10-14(12)19(2)3)18-15(20)16(11-17)6-8-21-9-7-16/h4-5,10H,6-9H2,1-3H3,(H,18,20). The van der Waals surface area contributed by atoms with Crippen LogP contribution in [0.5, 0.6) is 0 Å². The van der Waals surface area contributed by atoms with Crippen molar-refractivity contribution in [2.75, 3.05) is 37.5 Å². The van der Waals surface area contributed by atoms with Crippen molar-refractivity contribution in [2.45, 2.75) is 19.8 Å². The van der Waals surface area contributed by atoms with Gasteiger partial charge >= 0.3 is 0 Å². The first-order valence-corrected chi connectivity index (χ1v) is 7.07. The van der Waals surface area contributed by atoms with Gasteiger partial charge in [-0.1, -0.05) is 6.07 Å². The summed E-state index contributed by atoms with van der Waals surface area (Å²) < 4.78 is 5.26. The van der Waals surface area contributed by atoms with Gasteiger partial charge in [0.05, 0.1) is 6.07 Å². The van der Waals surface area contributed by atoms with E-state index in [9.17, 15) is 10.1 Å². The fourth-order valence-corrected chi connectivity index (χ4v) is 2.53. The molecule has 1 aliphatic rings. The van der Waals surface area contributed by atoms with E-state index in [0.29, 0.717) is 26.1 Å². The third-order valence-electron chi connectivity index (χ3n) is 3.94. The minimum atomic E-state index is -0.971. The van der Waals surface area contributed by atoms with E-state index in [4.69, 9.17) is 4.74 Å². The lowest BCUT2D eigenvalue weighted by molar-refractivity contribution is -0.126. The molecule has 1 saturated heterocycles. The monoisotopic (exact) mass is 287 g/mol. The number of rotatable bonds is 3. The van der Waals surface area contributed by atoms with Gasteiger partial charge in [-0.25, -0.2) is 0 Å². The van der Waals surface area contributed by atoms with E-state index in [1.165, 1.54) is 0 Å². The van der Waals surface area contributed by atoms with E-state index < -0.39 is 5.41 Å². The minimum Gasteiger partial charge on any atom is -0.381 e. The number of aryl methyl sites for hydroxylation is 1.